The van der Waals surface area contributed by atoms with E-state index in [4.69, 9.17) is 19.4 Å². The second kappa shape index (κ2) is 13.3. The van der Waals surface area contributed by atoms with Gasteiger partial charge in [-0.15, -0.1) is 11.3 Å². The zero-order chi connectivity index (χ0) is 37.0. The van der Waals surface area contributed by atoms with Crippen molar-refractivity contribution in [2.75, 3.05) is 0 Å². The third kappa shape index (κ3) is 5.48. The molecule has 0 amide bonds. The van der Waals surface area contributed by atoms with Crippen LogP contribution in [0, 0.1) is 0 Å². The third-order valence-electron chi connectivity index (χ3n) is 10.5. The Hall–Kier alpha value is -7.21. The number of thiophene rings is 1. The lowest BCUT2D eigenvalue weighted by Gasteiger charge is -2.11. The first-order valence-electron chi connectivity index (χ1n) is 18.7. The first kappa shape index (κ1) is 32.2. The van der Waals surface area contributed by atoms with Gasteiger partial charge >= 0.3 is 0 Å². The van der Waals surface area contributed by atoms with E-state index in [-0.39, 0.29) is 0 Å². The predicted molar refractivity (Wildman–Crippen MR) is 233 cm³/mol. The van der Waals surface area contributed by atoms with Crippen LogP contribution in [-0.4, -0.2) is 15.0 Å². The minimum atomic E-state index is 0.649. The van der Waals surface area contributed by atoms with Gasteiger partial charge in [0.05, 0.1) is 0 Å². The lowest BCUT2D eigenvalue weighted by Crippen LogP contribution is -2.00. The van der Waals surface area contributed by atoms with Crippen LogP contribution < -0.4 is 0 Å². The summed E-state index contributed by atoms with van der Waals surface area (Å²) in [6.07, 6.45) is 0. The largest absolute Gasteiger partial charge is 0.455 e. The monoisotopic (exact) mass is 733 g/mol. The lowest BCUT2D eigenvalue weighted by molar-refractivity contribution is 0.670. The van der Waals surface area contributed by atoms with Crippen molar-refractivity contribution in [3.8, 4) is 67.5 Å². The molecule has 56 heavy (non-hydrogen) atoms. The fraction of sp³-hybridized carbons (Fsp3) is 0. The molecule has 0 atom stereocenters. The third-order valence-corrected chi connectivity index (χ3v) is 11.7. The number of aromatic nitrogens is 3. The van der Waals surface area contributed by atoms with E-state index in [2.05, 4.69) is 121 Å². The Bertz CT molecular complexity index is 3180. The molecule has 0 saturated carbocycles. The van der Waals surface area contributed by atoms with Gasteiger partial charge in [-0.2, -0.15) is 0 Å². The van der Waals surface area contributed by atoms with Crippen LogP contribution in [0.4, 0.5) is 0 Å². The SMILES string of the molecule is c1ccc(-c2cccc(-c3cc(-c4cccc5c4sc4cccc(-c6nc(-c7ccccc7)nc(-c7ccccc7)n6)c45)cc4c3oc3ccccc34)c2)cc1. The Morgan fingerprint density at radius 3 is 1.68 bits per heavy atom. The number of hydrogen-bond acceptors (Lipinski definition) is 5. The second-order valence-electron chi connectivity index (χ2n) is 13.9. The van der Waals surface area contributed by atoms with Crippen molar-refractivity contribution in [2.45, 2.75) is 0 Å². The molecule has 262 valence electrons. The molecule has 0 radical (unpaired) electrons. The summed E-state index contributed by atoms with van der Waals surface area (Å²) in [5.74, 6) is 1.95. The first-order chi connectivity index (χ1) is 27.7. The molecule has 0 N–H and O–H groups in total. The zero-order valence-electron chi connectivity index (χ0n) is 30.1. The topological polar surface area (TPSA) is 51.8 Å². The van der Waals surface area contributed by atoms with E-state index in [1.165, 1.54) is 31.5 Å². The van der Waals surface area contributed by atoms with Gasteiger partial charge in [-0.1, -0.05) is 158 Å². The molecular formula is C51H31N3OS. The van der Waals surface area contributed by atoms with Crippen LogP contribution in [-0.2, 0) is 0 Å². The van der Waals surface area contributed by atoms with Crippen molar-refractivity contribution in [3.05, 3.63) is 188 Å². The van der Waals surface area contributed by atoms with E-state index in [1.807, 2.05) is 78.1 Å². The highest BCUT2D eigenvalue weighted by atomic mass is 32.1. The van der Waals surface area contributed by atoms with Gasteiger partial charge in [0, 0.05) is 53.2 Å². The maximum atomic E-state index is 6.64. The molecule has 8 aromatic carbocycles. The summed E-state index contributed by atoms with van der Waals surface area (Å²) in [6.45, 7) is 0. The average molecular weight is 734 g/mol. The standard InChI is InChI=1S/C51H31N3OS/c1-4-15-32(16-5-1)35-21-12-22-36(29-35)42-30-37(31-43-39-23-10-11-27-44(39)55-47(42)43)38-24-13-25-40-46-41(26-14-28-45(46)56-48(38)40)51-53-49(33-17-6-2-7-18-33)52-50(54-51)34-19-8-3-9-20-34/h1-31H. The molecule has 0 saturated heterocycles. The van der Waals surface area contributed by atoms with Crippen LogP contribution in [0.2, 0.25) is 0 Å². The minimum Gasteiger partial charge on any atom is -0.455 e. The number of para-hydroxylation sites is 1. The number of rotatable bonds is 6. The molecule has 4 nitrogen and oxygen atoms in total. The molecule has 3 heterocycles. The first-order valence-corrected chi connectivity index (χ1v) is 19.5. The number of fused-ring (bicyclic) bond motifs is 6. The molecule has 5 heteroatoms. The maximum Gasteiger partial charge on any atom is 0.164 e. The van der Waals surface area contributed by atoms with E-state index < -0.39 is 0 Å². The van der Waals surface area contributed by atoms with E-state index in [0.29, 0.717) is 17.5 Å². The van der Waals surface area contributed by atoms with Crippen molar-refractivity contribution in [2.24, 2.45) is 0 Å². The predicted octanol–water partition coefficient (Wildman–Crippen LogP) is 14.1. The van der Waals surface area contributed by atoms with E-state index in [1.54, 1.807) is 0 Å². The van der Waals surface area contributed by atoms with Gasteiger partial charge in [0.15, 0.2) is 17.5 Å². The molecule has 0 bridgehead atoms. The molecule has 3 aromatic heterocycles. The normalized spacial score (nSPS) is 11.6. The Kier molecular flexibility index (Phi) is 7.64. The zero-order valence-corrected chi connectivity index (χ0v) is 30.9. The molecule has 11 rings (SSSR count). The number of benzene rings is 8. The van der Waals surface area contributed by atoms with Crippen molar-refractivity contribution in [1.82, 2.24) is 15.0 Å². The Balaban J connectivity index is 1.13. The van der Waals surface area contributed by atoms with E-state index in [0.717, 1.165) is 60.7 Å². The molecular weight excluding hydrogens is 703 g/mol. The molecule has 0 aliphatic heterocycles. The van der Waals surface area contributed by atoms with Gasteiger partial charge in [0.2, 0.25) is 0 Å². The Morgan fingerprint density at radius 2 is 0.929 bits per heavy atom. The van der Waals surface area contributed by atoms with Crippen LogP contribution in [0.25, 0.3) is 110 Å². The van der Waals surface area contributed by atoms with Gasteiger partial charge in [-0.25, -0.2) is 15.0 Å². The van der Waals surface area contributed by atoms with Crippen LogP contribution in [0.3, 0.4) is 0 Å². The van der Waals surface area contributed by atoms with Crippen LogP contribution in [0.5, 0.6) is 0 Å². The number of nitrogens with zero attached hydrogens (tertiary/aromatic N) is 3. The number of furan rings is 1. The summed E-state index contributed by atoms with van der Waals surface area (Å²) in [7, 11) is 0. The minimum absolute atomic E-state index is 0.649. The second-order valence-corrected chi connectivity index (χ2v) is 15.0. The highest BCUT2D eigenvalue weighted by Crippen LogP contribution is 2.46. The molecule has 0 spiro atoms. The average Bonchev–Trinajstić information content (AvgIpc) is 3.86. The Labute approximate surface area is 327 Å². The van der Waals surface area contributed by atoms with Crippen molar-refractivity contribution >= 4 is 53.4 Å². The van der Waals surface area contributed by atoms with Crippen LogP contribution in [0.1, 0.15) is 0 Å². The van der Waals surface area contributed by atoms with Gasteiger partial charge in [-0.05, 0) is 58.1 Å². The van der Waals surface area contributed by atoms with Crippen molar-refractivity contribution in [1.29, 1.82) is 0 Å². The number of hydrogen-bond donors (Lipinski definition) is 0. The Morgan fingerprint density at radius 1 is 0.357 bits per heavy atom. The van der Waals surface area contributed by atoms with Crippen LogP contribution >= 0.6 is 11.3 Å². The van der Waals surface area contributed by atoms with E-state index >= 15 is 0 Å². The van der Waals surface area contributed by atoms with Gasteiger partial charge in [0.1, 0.15) is 11.2 Å². The van der Waals surface area contributed by atoms with Crippen molar-refractivity contribution in [3.63, 3.8) is 0 Å². The molecule has 0 aliphatic rings. The van der Waals surface area contributed by atoms with Gasteiger partial charge in [0.25, 0.3) is 0 Å². The summed E-state index contributed by atoms with van der Waals surface area (Å²) in [5, 5.41) is 4.52. The fourth-order valence-electron chi connectivity index (χ4n) is 7.88. The van der Waals surface area contributed by atoms with E-state index in [9.17, 15) is 0 Å². The highest BCUT2D eigenvalue weighted by Gasteiger charge is 2.21. The van der Waals surface area contributed by atoms with Crippen LogP contribution in [0.15, 0.2) is 192 Å². The summed E-state index contributed by atoms with van der Waals surface area (Å²) in [6, 6.07) is 65.7. The molecule has 11 aromatic rings. The van der Waals surface area contributed by atoms with Gasteiger partial charge in [-0.3, -0.25) is 0 Å². The summed E-state index contributed by atoms with van der Waals surface area (Å²) in [4.78, 5) is 15.2. The van der Waals surface area contributed by atoms with Gasteiger partial charge < -0.3 is 4.42 Å². The maximum absolute atomic E-state index is 6.64. The summed E-state index contributed by atoms with van der Waals surface area (Å²) < 4.78 is 9.04. The summed E-state index contributed by atoms with van der Waals surface area (Å²) in [5.41, 5.74) is 11.5. The highest BCUT2D eigenvalue weighted by molar-refractivity contribution is 7.26. The molecule has 0 unspecified atom stereocenters. The van der Waals surface area contributed by atoms with Crippen molar-refractivity contribution < 1.29 is 4.42 Å². The summed E-state index contributed by atoms with van der Waals surface area (Å²) >= 11 is 1.81. The molecule has 0 fully saturated rings. The smallest absolute Gasteiger partial charge is 0.164 e. The lowest BCUT2D eigenvalue weighted by atomic mass is 9.93. The molecule has 0 aliphatic carbocycles. The fourth-order valence-corrected chi connectivity index (χ4v) is 9.15. The quantitative estimate of drug-likeness (QED) is 0.171.